The van der Waals surface area contributed by atoms with Gasteiger partial charge in [0.15, 0.2) is 0 Å². The summed E-state index contributed by atoms with van der Waals surface area (Å²) in [5.74, 6) is 0. The second-order valence-electron chi connectivity index (χ2n) is 4.57. The Bertz CT molecular complexity index is 456. The molecule has 1 aromatic rings. The molecule has 0 radical (unpaired) electrons. The number of anilines is 1. The largest absolute Gasteiger partial charge is 0.393 e. The molecule has 0 aliphatic carbocycles. The lowest BCUT2D eigenvalue weighted by Crippen LogP contribution is -2.36. The first-order valence-corrected chi connectivity index (χ1v) is 5.93. The quantitative estimate of drug-likeness (QED) is 0.796. The summed E-state index contributed by atoms with van der Waals surface area (Å²) in [5, 5.41) is 18.7. The van der Waals surface area contributed by atoms with Gasteiger partial charge in [0.25, 0.3) is 0 Å². The van der Waals surface area contributed by atoms with E-state index in [1.54, 1.807) is 0 Å². The van der Waals surface area contributed by atoms with Crippen LogP contribution in [0.2, 0.25) is 0 Å². The molecule has 1 aromatic heterocycles. The molecule has 0 amide bonds. The number of aryl methyl sites for hydroxylation is 2. The van der Waals surface area contributed by atoms with E-state index < -0.39 is 0 Å². The lowest BCUT2D eigenvalue weighted by atomic mass is 10.0. The highest BCUT2D eigenvalue weighted by atomic mass is 16.3. The number of rotatable bonds is 1. The fraction of sp³-hybridized carbons (Fsp3) is 0.538. The van der Waals surface area contributed by atoms with Gasteiger partial charge in [-0.15, -0.1) is 0 Å². The van der Waals surface area contributed by atoms with Crippen molar-refractivity contribution in [3.8, 4) is 6.07 Å². The minimum Gasteiger partial charge on any atom is -0.393 e. The van der Waals surface area contributed by atoms with E-state index in [1.165, 1.54) is 0 Å². The predicted molar refractivity (Wildman–Crippen MR) is 65.9 cm³/mol. The van der Waals surface area contributed by atoms with Gasteiger partial charge in [-0.3, -0.25) is 4.98 Å². The molecular formula is C13H17N3O. The molecule has 1 N–H and O–H groups in total. The van der Waals surface area contributed by atoms with Crippen molar-refractivity contribution in [3.63, 3.8) is 0 Å². The Kier molecular flexibility index (Phi) is 3.30. The molecule has 1 saturated heterocycles. The standard InChI is InChI=1S/C13H17N3O/c1-9-7-13(12(8-14)10(2)15-9)16-5-3-11(17)4-6-16/h7,11,17H,3-6H2,1-2H3. The van der Waals surface area contributed by atoms with Crippen LogP contribution in [0, 0.1) is 25.2 Å². The lowest BCUT2D eigenvalue weighted by molar-refractivity contribution is 0.145. The van der Waals surface area contributed by atoms with Crippen molar-refractivity contribution < 1.29 is 5.11 Å². The number of aromatic nitrogens is 1. The molecule has 0 aromatic carbocycles. The molecule has 1 aliphatic rings. The third-order valence-electron chi connectivity index (χ3n) is 3.22. The molecule has 0 atom stereocenters. The summed E-state index contributed by atoms with van der Waals surface area (Å²) in [6.07, 6.45) is 1.34. The molecule has 0 bridgehead atoms. The molecule has 0 unspecified atom stereocenters. The SMILES string of the molecule is Cc1cc(N2CCC(O)CC2)c(C#N)c(C)n1. The van der Waals surface area contributed by atoms with Crippen molar-refractivity contribution in [2.45, 2.75) is 32.8 Å². The Morgan fingerprint density at radius 2 is 2.06 bits per heavy atom. The minimum absolute atomic E-state index is 0.194. The number of aliphatic hydroxyl groups excluding tert-OH is 1. The number of piperidine rings is 1. The van der Waals surface area contributed by atoms with Crippen LogP contribution in [0.5, 0.6) is 0 Å². The Morgan fingerprint density at radius 1 is 1.41 bits per heavy atom. The molecule has 17 heavy (non-hydrogen) atoms. The molecule has 1 fully saturated rings. The summed E-state index contributed by atoms with van der Waals surface area (Å²) < 4.78 is 0. The average Bonchev–Trinajstić information content (AvgIpc) is 2.29. The summed E-state index contributed by atoms with van der Waals surface area (Å²) in [6, 6.07) is 4.19. The number of nitrogens with zero attached hydrogens (tertiary/aromatic N) is 3. The van der Waals surface area contributed by atoms with Gasteiger partial charge in [-0.05, 0) is 32.8 Å². The van der Waals surface area contributed by atoms with Crippen molar-refractivity contribution in [3.05, 3.63) is 23.0 Å². The summed E-state index contributed by atoms with van der Waals surface area (Å²) in [6.45, 7) is 5.42. The fourth-order valence-corrected chi connectivity index (χ4v) is 2.30. The van der Waals surface area contributed by atoms with E-state index in [-0.39, 0.29) is 6.10 Å². The summed E-state index contributed by atoms with van der Waals surface area (Å²) in [4.78, 5) is 6.49. The Morgan fingerprint density at radius 3 is 2.65 bits per heavy atom. The van der Waals surface area contributed by atoms with Crippen LogP contribution in [0.4, 0.5) is 5.69 Å². The van der Waals surface area contributed by atoms with Crippen molar-refractivity contribution in [2.75, 3.05) is 18.0 Å². The van der Waals surface area contributed by atoms with Crippen LogP contribution >= 0.6 is 0 Å². The molecule has 4 nitrogen and oxygen atoms in total. The van der Waals surface area contributed by atoms with E-state index in [0.29, 0.717) is 5.56 Å². The maximum Gasteiger partial charge on any atom is 0.103 e. The third kappa shape index (κ3) is 2.40. The van der Waals surface area contributed by atoms with E-state index >= 15 is 0 Å². The zero-order valence-corrected chi connectivity index (χ0v) is 10.3. The molecule has 0 saturated carbocycles. The van der Waals surface area contributed by atoms with E-state index in [4.69, 9.17) is 0 Å². The Hall–Kier alpha value is -1.60. The Balaban J connectivity index is 2.35. The lowest BCUT2D eigenvalue weighted by Gasteiger charge is -2.32. The predicted octanol–water partition coefficient (Wildman–Crippen LogP) is 1.53. The van der Waals surface area contributed by atoms with E-state index in [1.807, 2.05) is 19.9 Å². The highest BCUT2D eigenvalue weighted by molar-refractivity contribution is 5.61. The van der Waals surface area contributed by atoms with Crippen LogP contribution in [-0.4, -0.2) is 29.3 Å². The first kappa shape index (κ1) is 11.9. The summed E-state index contributed by atoms with van der Waals surface area (Å²) in [5.41, 5.74) is 3.34. The van der Waals surface area contributed by atoms with Gasteiger partial charge in [-0.1, -0.05) is 0 Å². The number of nitriles is 1. The normalized spacial score (nSPS) is 16.9. The molecule has 90 valence electrons. The smallest absolute Gasteiger partial charge is 0.103 e. The van der Waals surface area contributed by atoms with Crippen LogP contribution in [-0.2, 0) is 0 Å². The van der Waals surface area contributed by atoms with E-state index in [2.05, 4.69) is 16.0 Å². The molecular weight excluding hydrogens is 214 g/mol. The van der Waals surface area contributed by atoms with E-state index in [9.17, 15) is 10.4 Å². The van der Waals surface area contributed by atoms with Crippen molar-refractivity contribution in [1.82, 2.24) is 4.98 Å². The monoisotopic (exact) mass is 231 g/mol. The van der Waals surface area contributed by atoms with Crippen LogP contribution in [0.25, 0.3) is 0 Å². The number of aliphatic hydroxyl groups is 1. The molecule has 1 aliphatic heterocycles. The second-order valence-corrected chi connectivity index (χ2v) is 4.57. The Labute approximate surface area is 102 Å². The number of pyridine rings is 1. The van der Waals surface area contributed by atoms with Gasteiger partial charge in [0.05, 0.1) is 23.0 Å². The van der Waals surface area contributed by atoms with Crippen molar-refractivity contribution in [2.24, 2.45) is 0 Å². The van der Waals surface area contributed by atoms with Gasteiger partial charge in [-0.2, -0.15) is 5.26 Å². The maximum absolute atomic E-state index is 9.51. The molecule has 2 heterocycles. The zero-order valence-electron chi connectivity index (χ0n) is 10.3. The van der Waals surface area contributed by atoms with Crippen molar-refractivity contribution in [1.29, 1.82) is 5.26 Å². The topological polar surface area (TPSA) is 60.1 Å². The second kappa shape index (κ2) is 4.72. The highest BCUT2D eigenvalue weighted by Crippen LogP contribution is 2.26. The minimum atomic E-state index is -0.194. The number of hydrogen-bond acceptors (Lipinski definition) is 4. The molecule has 0 spiro atoms. The highest BCUT2D eigenvalue weighted by Gasteiger charge is 2.20. The van der Waals surface area contributed by atoms with Crippen LogP contribution in [0.1, 0.15) is 29.8 Å². The molecule has 4 heteroatoms. The van der Waals surface area contributed by atoms with Crippen LogP contribution in [0.3, 0.4) is 0 Å². The van der Waals surface area contributed by atoms with E-state index in [0.717, 1.165) is 43.0 Å². The maximum atomic E-state index is 9.51. The van der Waals surface area contributed by atoms with Gasteiger partial charge in [0.2, 0.25) is 0 Å². The van der Waals surface area contributed by atoms with Gasteiger partial charge in [-0.25, -0.2) is 0 Å². The fourth-order valence-electron chi connectivity index (χ4n) is 2.30. The average molecular weight is 231 g/mol. The summed E-state index contributed by atoms with van der Waals surface area (Å²) >= 11 is 0. The molecule has 2 rings (SSSR count). The van der Waals surface area contributed by atoms with Gasteiger partial charge in [0, 0.05) is 18.8 Å². The van der Waals surface area contributed by atoms with Crippen molar-refractivity contribution >= 4 is 5.69 Å². The van der Waals surface area contributed by atoms with Gasteiger partial charge in [0.1, 0.15) is 6.07 Å². The first-order valence-electron chi connectivity index (χ1n) is 5.93. The summed E-state index contributed by atoms with van der Waals surface area (Å²) in [7, 11) is 0. The first-order chi connectivity index (χ1) is 8.11. The van der Waals surface area contributed by atoms with Gasteiger partial charge < -0.3 is 10.0 Å². The number of hydrogen-bond donors (Lipinski definition) is 1. The van der Waals surface area contributed by atoms with Crippen LogP contribution < -0.4 is 4.90 Å². The van der Waals surface area contributed by atoms with Crippen LogP contribution in [0.15, 0.2) is 6.07 Å². The zero-order chi connectivity index (χ0) is 12.4. The third-order valence-corrected chi connectivity index (χ3v) is 3.22. The van der Waals surface area contributed by atoms with Gasteiger partial charge >= 0.3 is 0 Å².